The third kappa shape index (κ3) is 10.2. The number of quaternary nitrogens is 1. The summed E-state index contributed by atoms with van der Waals surface area (Å²) in [7, 11) is 4.33. The first kappa shape index (κ1) is 35.4. The van der Waals surface area contributed by atoms with Crippen molar-refractivity contribution in [3.05, 3.63) is 89.6 Å². The number of nitrogens with zero attached hydrogens (tertiary/aromatic N) is 2. The molecule has 0 aliphatic heterocycles. The van der Waals surface area contributed by atoms with Crippen LogP contribution in [0.2, 0.25) is 0 Å². The molecule has 1 aliphatic rings. The number of oxazole rings is 1. The number of aliphatic hydroxyl groups is 2. The van der Waals surface area contributed by atoms with Crippen LogP contribution in [-0.4, -0.2) is 92.4 Å². The van der Waals surface area contributed by atoms with Crippen LogP contribution < -0.4 is 0 Å². The van der Waals surface area contributed by atoms with Gasteiger partial charge in [0.2, 0.25) is 5.89 Å². The Bertz CT molecular complexity index is 1370. The largest absolute Gasteiger partial charge is 0.481 e. The summed E-state index contributed by atoms with van der Waals surface area (Å²) >= 11 is 0. The summed E-state index contributed by atoms with van der Waals surface area (Å²) in [4.78, 5) is 35.0. The molecule has 1 saturated carbocycles. The highest BCUT2D eigenvalue weighted by Crippen LogP contribution is 2.46. The first-order valence-corrected chi connectivity index (χ1v) is 14.8. The fourth-order valence-electron chi connectivity index (χ4n) is 5.07. The second-order valence-electron chi connectivity index (χ2n) is 12.0. The minimum atomic E-state index is -2.74. The molecule has 0 radical (unpaired) electrons. The molecule has 244 valence electrons. The monoisotopic (exact) mass is 627 g/mol. The molecule has 12 heteroatoms. The quantitative estimate of drug-likeness (QED) is 0.116. The van der Waals surface area contributed by atoms with Crippen molar-refractivity contribution >= 4 is 17.9 Å². The molecule has 0 spiro atoms. The predicted octanol–water partition coefficient (Wildman–Crippen LogP) is 3.30. The van der Waals surface area contributed by atoms with Gasteiger partial charge in [0.1, 0.15) is 13.1 Å². The second kappa shape index (κ2) is 15.8. The first-order chi connectivity index (χ1) is 21.2. The van der Waals surface area contributed by atoms with Gasteiger partial charge in [-0.3, -0.25) is 9.59 Å². The smallest absolute Gasteiger partial charge is 0.336 e. The number of carbonyl (C=O) groups is 3. The van der Waals surface area contributed by atoms with Crippen molar-refractivity contribution in [2.24, 2.45) is 5.92 Å². The summed E-state index contributed by atoms with van der Waals surface area (Å²) in [5, 5.41) is 45.5. The molecule has 45 heavy (non-hydrogen) atoms. The van der Waals surface area contributed by atoms with Crippen molar-refractivity contribution in [2.75, 3.05) is 33.9 Å². The van der Waals surface area contributed by atoms with Crippen molar-refractivity contribution < 1.29 is 53.6 Å². The third-order valence-corrected chi connectivity index (χ3v) is 7.88. The highest BCUT2D eigenvalue weighted by Gasteiger charge is 2.47. The normalized spacial score (nSPS) is 14.8. The zero-order valence-electron chi connectivity index (χ0n) is 25.7. The van der Waals surface area contributed by atoms with Crippen molar-refractivity contribution in [1.29, 1.82) is 0 Å². The zero-order valence-corrected chi connectivity index (χ0v) is 25.7. The van der Waals surface area contributed by atoms with Gasteiger partial charge >= 0.3 is 17.9 Å². The number of benzene rings is 2. The zero-order chi connectivity index (χ0) is 33.1. The van der Waals surface area contributed by atoms with Gasteiger partial charge in [-0.1, -0.05) is 67.1 Å². The number of carboxylic acids is 3. The van der Waals surface area contributed by atoms with Gasteiger partial charge in [0.05, 0.1) is 46.3 Å². The van der Waals surface area contributed by atoms with Gasteiger partial charge < -0.3 is 39.2 Å². The molecule has 1 fully saturated rings. The number of hydrogen-bond donors (Lipinski definition) is 5. The Morgan fingerprint density at radius 3 is 2.00 bits per heavy atom. The molecule has 12 nitrogen and oxygen atoms in total. The van der Waals surface area contributed by atoms with Gasteiger partial charge in [0.25, 0.3) is 0 Å². The Labute approximate surface area is 262 Å². The van der Waals surface area contributed by atoms with Gasteiger partial charge in [-0.15, -0.1) is 0 Å². The molecule has 1 aliphatic carbocycles. The summed E-state index contributed by atoms with van der Waals surface area (Å²) < 4.78 is 12.8. The summed E-state index contributed by atoms with van der Waals surface area (Å²) in [6, 6.07) is 20.2. The van der Waals surface area contributed by atoms with Crippen LogP contribution in [0.4, 0.5) is 0 Å². The molecular formula is C33H43N2O10+. The van der Waals surface area contributed by atoms with Crippen LogP contribution >= 0.6 is 0 Å². The summed E-state index contributed by atoms with van der Waals surface area (Å²) in [5.41, 5.74) is -1.74. The van der Waals surface area contributed by atoms with Crippen LogP contribution in [0, 0.1) is 5.92 Å². The lowest BCUT2D eigenvalue weighted by Crippen LogP contribution is -2.42. The predicted molar refractivity (Wildman–Crippen MR) is 162 cm³/mol. The Kier molecular flexibility index (Phi) is 12.4. The SMILES string of the molecule is C[N+](C)(CCOCCc1ccccc1)Cc1cnc(C(O)(c2ccccc2)C2CCC2)o1.O=C(O)CC(O)(CC(=O)O)C(=O)O. The number of hydrogen-bond acceptors (Lipinski definition) is 8. The maximum Gasteiger partial charge on any atom is 0.336 e. The highest BCUT2D eigenvalue weighted by atomic mass is 16.5. The second-order valence-corrected chi connectivity index (χ2v) is 12.0. The molecule has 0 saturated heterocycles. The fourth-order valence-corrected chi connectivity index (χ4v) is 5.07. The minimum absolute atomic E-state index is 0.150. The van der Waals surface area contributed by atoms with Crippen LogP contribution in [0.5, 0.6) is 0 Å². The minimum Gasteiger partial charge on any atom is -0.481 e. The van der Waals surface area contributed by atoms with E-state index in [2.05, 4.69) is 43.3 Å². The van der Waals surface area contributed by atoms with E-state index < -0.39 is 42.0 Å². The Hall–Kier alpha value is -4.10. The van der Waals surface area contributed by atoms with E-state index in [0.717, 1.165) is 54.6 Å². The number of aromatic nitrogens is 1. The van der Waals surface area contributed by atoms with Gasteiger partial charge in [-0.25, -0.2) is 9.78 Å². The average Bonchev–Trinajstić information content (AvgIpc) is 3.40. The molecule has 1 atom stereocenters. The van der Waals surface area contributed by atoms with E-state index in [1.54, 1.807) is 6.20 Å². The number of aliphatic carboxylic acids is 3. The molecule has 1 heterocycles. The fraction of sp³-hybridized carbons (Fsp3) is 0.455. The van der Waals surface area contributed by atoms with E-state index in [4.69, 9.17) is 29.6 Å². The summed E-state index contributed by atoms with van der Waals surface area (Å²) in [6.45, 7) is 2.99. The molecule has 0 amide bonds. The van der Waals surface area contributed by atoms with Crippen LogP contribution in [0.3, 0.4) is 0 Å². The maximum absolute atomic E-state index is 11.7. The molecule has 2 aromatic carbocycles. The van der Waals surface area contributed by atoms with Gasteiger partial charge in [0, 0.05) is 5.92 Å². The van der Waals surface area contributed by atoms with Crippen molar-refractivity contribution in [3.8, 4) is 0 Å². The number of likely N-dealkylation sites (N-methyl/N-ethyl adjacent to an activating group) is 1. The van der Waals surface area contributed by atoms with Crippen LogP contribution in [0.15, 0.2) is 71.3 Å². The first-order valence-electron chi connectivity index (χ1n) is 14.8. The number of ether oxygens (including phenoxy) is 1. The molecule has 3 aromatic rings. The van der Waals surface area contributed by atoms with E-state index in [1.165, 1.54) is 5.56 Å². The van der Waals surface area contributed by atoms with E-state index in [-0.39, 0.29) is 5.92 Å². The van der Waals surface area contributed by atoms with Crippen molar-refractivity contribution in [2.45, 2.75) is 56.3 Å². The van der Waals surface area contributed by atoms with Crippen LogP contribution in [-0.2, 0) is 37.7 Å². The van der Waals surface area contributed by atoms with Gasteiger partial charge in [-0.05, 0) is 30.4 Å². The van der Waals surface area contributed by atoms with E-state index in [0.29, 0.717) is 19.0 Å². The van der Waals surface area contributed by atoms with Gasteiger partial charge in [0.15, 0.2) is 17.0 Å². The average molecular weight is 628 g/mol. The van der Waals surface area contributed by atoms with E-state index in [1.807, 2.05) is 36.4 Å². The Balaban J connectivity index is 0.000000360. The number of rotatable bonds is 16. The molecule has 5 N–H and O–H groups in total. The van der Waals surface area contributed by atoms with Crippen molar-refractivity contribution in [3.63, 3.8) is 0 Å². The third-order valence-electron chi connectivity index (χ3n) is 7.88. The summed E-state index contributed by atoms with van der Waals surface area (Å²) in [5.74, 6) is -3.66. The van der Waals surface area contributed by atoms with E-state index >= 15 is 0 Å². The molecular weight excluding hydrogens is 584 g/mol. The molecule has 4 rings (SSSR count). The Morgan fingerprint density at radius 1 is 0.911 bits per heavy atom. The van der Waals surface area contributed by atoms with Gasteiger partial charge in [-0.2, -0.15) is 0 Å². The van der Waals surface area contributed by atoms with Crippen LogP contribution in [0.25, 0.3) is 0 Å². The lowest BCUT2D eigenvalue weighted by atomic mass is 9.69. The lowest BCUT2D eigenvalue weighted by molar-refractivity contribution is -0.904. The Morgan fingerprint density at radius 2 is 1.49 bits per heavy atom. The molecule has 0 bridgehead atoms. The van der Waals surface area contributed by atoms with Crippen LogP contribution in [0.1, 0.15) is 54.9 Å². The lowest BCUT2D eigenvalue weighted by Gasteiger charge is -2.39. The molecule has 1 aromatic heterocycles. The molecule has 1 unspecified atom stereocenters. The maximum atomic E-state index is 11.7. The van der Waals surface area contributed by atoms with E-state index in [9.17, 15) is 19.5 Å². The standard InChI is InChI=1S/C27H35N2O3.C6H8O7/c1-29(2,17-19-31-18-16-22-10-5-3-6-11-22)21-25-20-28-26(32-25)27(30,24-14-9-15-24)23-12-7-4-8-13-23;7-3(8)1-6(13,5(11)12)2-4(9)10/h3-8,10-13,20,24,30H,9,14-19,21H2,1-2H3;13H,1-2H2,(H,7,8)(H,9,10)(H,11,12)/q+1;. The topological polar surface area (TPSA) is 188 Å². The van der Waals surface area contributed by atoms with Crippen molar-refractivity contribution in [1.82, 2.24) is 4.98 Å². The summed E-state index contributed by atoms with van der Waals surface area (Å²) in [6.07, 6.45) is 3.54. The number of carboxylic acid groups (broad SMARTS) is 3. The highest BCUT2D eigenvalue weighted by molar-refractivity contribution is 5.88.